The van der Waals surface area contributed by atoms with Crippen molar-refractivity contribution in [3.05, 3.63) is 47.5 Å². The maximum atomic E-state index is 9.61. The second kappa shape index (κ2) is 8.32. The highest BCUT2D eigenvalue weighted by molar-refractivity contribution is 6.53. The Morgan fingerprint density at radius 3 is 1.64 bits per heavy atom. The lowest BCUT2D eigenvalue weighted by Crippen LogP contribution is -1.94. The number of methoxy groups -OCH3 is 4. The van der Waals surface area contributed by atoms with Crippen LogP contribution in [0.2, 0.25) is 0 Å². The van der Waals surface area contributed by atoms with Gasteiger partial charge in [-0.05, 0) is 47.5 Å². The Kier molecular flexibility index (Phi) is 6.15. The summed E-state index contributed by atoms with van der Waals surface area (Å²) in [4.78, 5) is 0. The number of nitriles is 1. The number of nitrogens with zero attached hydrogens (tertiary/aromatic N) is 1. The van der Waals surface area contributed by atoms with Gasteiger partial charge in [-0.15, -0.1) is 0 Å². The maximum absolute atomic E-state index is 9.61. The van der Waals surface area contributed by atoms with Crippen LogP contribution in [0, 0.1) is 11.3 Å². The van der Waals surface area contributed by atoms with Crippen molar-refractivity contribution in [3.63, 3.8) is 0 Å². The van der Waals surface area contributed by atoms with E-state index in [0.29, 0.717) is 44.7 Å². The Balaban J connectivity index is 2.57. The molecular weight excluding hydrogens is 342 g/mol. The summed E-state index contributed by atoms with van der Waals surface area (Å²) < 4.78 is 21.0. The highest BCUT2D eigenvalue weighted by Gasteiger charge is 2.14. The van der Waals surface area contributed by atoms with Crippen molar-refractivity contribution in [1.29, 1.82) is 5.26 Å². The second-order valence-corrected chi connectivity index (χ2v) is 5.32. The fourth-order valence-electron chi connectivity index (χ4n) is 2.35. The van der Waals surface area contributed by atoms with Crippen molar-refractivity contribution in [1.82, 2.24) is 0 Å². The van der Waals surface area contributed by atoms with Gasteiger partial charge >= 0.3 is 0 Å². The quantitative estimate of drug-likeness (QED) is 0.566. The molecule has 0 aromatic heterocycles. The van der Waals surface area contributed by atoms with Crippen molar-refractivity contribution >= 4 is 22.2 Å². The third-order valence-corrected chi connectivity index (χ3v) is 4.05. The van der Waals surface area contributed by atoms with Crippen LogP contribution in [-0.2, 0) is 0 Å². The minimum atomic E-state index is 0.302. The highest BCUT2D eigenvalue weighted by Crippen LogP contribution is 2.37. The van der Waals surface area contributed by atoms with Crippen molar-refractivity contribution in [2.75, 3.05) is 28.4 Å². The first-order valence-corrected chi connectivity index (χ1v) is 7.72. The van der Waals surface area contributed by atoms with Crippen molar-refractivity contribution < 1.29 is 18.9 Å². The number of hydrogen-bond acceptors (Lipinski definition) is 5. The molecule has 5 nitrogen and oxygen atoms in total. The smallest absolute Gasteiger partial charge is 0.161 e. The molecule has 0 heterocycles. The molecule has 0 aliphatic heterocycles. The lowest BCUT2D eigenvalue weighted by Gasteiger charge is -2.12. The molecule has 2 rings (SSSR count). The van der Waals surface area contributed by atoms with Crippen LogP contribution >= 0.6 is 11.6 Å². The standard InChI is InChI=1S/C19H18ClNO4/c1-22-15-7-5-12(9-17(15)24-3)14(11-21)19(20)13-6-8-16(23-2)18(10-13)25-4/h5-10H,1-4H3/b19-14+. The van der Waals surface area contributed by atoms with E-state index in [0.717, 1.165) is 0 Å². The lowest BCUT2D eigenvalue weighted by atomic mass is 10.0. The number of hydrogen-bond donors (Lipinski definition) is 0. The molecule has 0 N–H and O–H groups in total. The van der Waals surface area contributed by atoms with Crippen LogP contribution < -0.4 is 18.9 Å². The fourth-order valence-corrected chi connectivity index (χ4v) is 2.62. The van der Waals surface area contributed by atoms with Gasteiger partial charge in [0, 0.05) is 0 Å². The molecule has 6 heteroatoms. The average Bonchev–Trinajstić information content (AvgIpc) is 2.67. The maximum Gasteiger partial charge on any atom is 0.161 e. The molecule has 0 radical (unpaired) electrons. The van der Waals surface area contributed by atoms with Crippen LogP contribution in [0.15, 0.2) is 36.4 Å². The topological polar surface area (TPSA) is 60.7 Å². The summed E-state index contributed by atoms with van der Waals surface area (Å²) in [6, 6.07) is 12.6. The van der Waals surface area contributed by atoms with E-state index in [9.17, 15) is 5.26 Å². The van der Waals surface area contributed by atoms with E-state index in [4.69, 9.17) is 30.5 Å². The van der Waals surface area contributed by atoms with Crippen LogP contribution in [0.25, 0.3) is 10.6 Å². The van der Waals surface area contributed by atoms with E-state index < -0.39 is 0 Å². The van der Waals surface area contributed by atoms with Crippen molar-refractivity contribution in [3.8, 4) is 29.1 Å². The lowest BCUT2D eigenvalue weighted by molar-refractivity contribution is 0.355. The zero-order valence-corrected chi connectivity index (χ0v) is 15.2. The number of halogens is 1. The number of benzene rings is 2. The number of rotatable bonds is 6. The van der Waals surface area contributed by atoms with Crippen LogP contribution in [0.3, 0.4) is 0 Å². The van der Waals surface area contributed by atoms with Gasteiger partial charge in [-0.25, -0.2) is 0 Å². The Morgan fingerprint density at radius 2 is 1.20 bits per heavy atom. The summed E-state index contributed by atoms with van der Waals surface area (Å²) in [5, 5.41) is 9.91. The molecule has 130 valence electrons. The molecule has 0 unspecified atom stereocenters. The summed E-state index contributed by atoms with van der Waals surface area (Å²) in [5.74, 6) is 2.21. The van der Waals surface area contributed by atoms with E-state index in [1.165, 1.54) is 7.11 Å². The van der Waals surface area contributed by atoms with Gasteiger partial charge in [-0.1, -0.05) is 11.6 Å². The monoisotopic (exact) mass is 359 g/mol. The predicted octanol–water partition coefficient (Wildman–Crippen LogP) is 4.35. The van der Waals surface area contributed by atoms with E-state index in [1.807, 2.05) is 0 Å². The van der Waals surface area contributed by atoms with Gasteiger partial charge in [0.25, 0.3) is 0 Å². The van der Waals surface area contributed by atoms with E-state index in [2.05, 4.69) is 6.07 Å². The Morgan fingerprint density at radius 1 is 0.760 bits per heavy atom. The molecular formula is C19H18ClNO4. The molecule has 0 spiro atoms. The van der Waals surface area contributed by atoms with Gasteiger partial charge in [0.15, 0.2) is 23.0 Å². The van der Waals surface area contributed by atoms with Crippen LogP contribution in [0.1, 0.15) is 11.1 Å². The molecule has 0 bridgehead atoms. The first kappa shape index (κ1) is 18.5. The molecule has 2 aromatic rings. The summed E-state index contributed by atoms with van der Waals surface area (Å²) in [6.07, 6.45) is 0. The zero-order valence-electron chi connectivity index (χ0n) is 14.4. The van der Waals surface area contributed by atoms with Crippen LogP contribution in [-0.4, -0.2) is 28.4 Å². The van der Waals surface area contributed by atoms with Gasteiger partial charge in [0.1, 0.15) is 6.07 Å². The molecule has 25 heavy (non-hydrogen) atoms. The molecule has 0 saturated carbocycles. The van der Waals surface area contributed by atoms with Crippen molar-refractivity contribution in [2.45, 2.75) is 0 Å². The normalized spacial score (nSPS) is 11.2. The Hall–Kier alpha value is -2.84. The van der Waals surface area contributed by atoms with Gasteiger partial charge in [-0.2, -0.15) is 5.26 Å². The first-order chi connectivity index (χ1) is 12.1. The summed E-state index contributed by atoms with van der Waals surface area (Å²) >= 11 is 6.49. The Bertz CT molecular complexity index is 840. The Labute approximate surface area is 152 Å². The van der Waals surface area contributed by atoms with E-state index in [1.54, 1.807) is 57.7 Å². The fraction of sp³-hybridized carbons (Fsp3) is 0.211. The SMILES string of the molecule is COc1ccc(/C(Cl)=C(/C#N)c2ccc(OC)c(OC)c2)cc1OC. The largest absolute Gasteiger partial charge is 0.493 e. The average molecular weight is 360 g/mol. The van der Waals surface area contributed by atoms with Crippen molar-refractivity contribution in [2.24, 2.45) is 0 Å². The van der Waals surface area contributed by atoms with Gasteiger partial charge in [0.05, 0.1) is 39.0 Å². The number of allylic oxidation sites excluding steroid dienone is 1. The molecule has 0 saturated heterocycles. The number of ether oxygens (including phenoxy) is 4. The predicted molar refractivity (Wildman–Crippen MR) is 97.4 cm³/mol. The minimum absolute atomic E-state index is 0.302. The third-order valence-electron chi connectivity index (χ3n) is 3.64. The second-order valence-electron chi connectivity index (χ2n) is 4.94. The molecule has 0 fully saturated rings. The van der Waals surface area contributed by atoms with Crippen LogP contribution in [0.4, 0.5) is 0 Å². The van der Waals surface area contributed by atoms with Gasteiger partial charge in [0.2, 0.25) is 0 Å². The summed E-state index contributed by atoms with van der Waals surface area (Å²) in [6.45, 7) is 0. The molecule has 2 aromatic carbocycles. The van der Waals surface area contributed by atoms with E-state index >= 15 is 0 Å². The van der Waals surface area contributed by atoms with Gasteiger partial charge in [-0.3, -0.25) is 0 Å². The zero-order chi connectivity index (χ0) is 18.4. The molecule has 0 atom stereocenters. The molecule has 0 aliphatic carbocycles. The minimum Gasteiger partial charge on any atom is -0.493 e. The van der Waals surface area contributed by atoms with Crippen LogP contribution in [0.5, 0.6) is 23.0 Å². The third kappa shape index (κ3) is 3.81. The molecule has 0 aliphatic rings. The first-order valence-electron chi connectivity index (χ1n) is 7.34. The van der Waals surface area contributed by atoms with Gasteiger partial charge < -0.3 is 18.9 Å². The molecule has 0 amide bonds. The highest BCUT2D eigenvalue weighted by atomic mass is 35.5. The van der Waals surface area contributed by atoms with E-state index in [-0.39, 0.29) is 0 Å². The summed E-state index contributed by atoms with van der Waals surface area (Å²) in [5.41, 5.74) is 1.58. The summed E-state index contributed by atoms with van der Waals surface area (Å²) in [7, 11) is 6.18.